The van der Waals surface area contributed by atoms with Crippen molar-refractivity contribution in [3.05, 3.63) is 34.4 Å². The molecule has 0 saturated heterocycles. The summed E-state index contributed by atoms with van der Waals surface area (Å²) < 4.78 is 0. The molecule has 0 aliphatic heterocycles. The number of carbonyl (C=O) groups is 2. The Hall–Kier alpha value is -2.35. The fourth-order valence-corrected chi connectivity index (χ4v) is 1.70. The van der Waals surface area contributed by atoms with Crippen LogP contribution in [0.25, 0.3) is 0 Å². The van der Waals surface area contributed by atoms with Gasteiger partial charge >= 0.3 is 5.97 Å². The number of nitrogens with zero attached hydrogens (tertiary/aromatic N) is 1. The van der Waals surface area contributed by atoms with Gasteiger partial charge in [0.25, 0.3) is 5.91 Å². The second kappa shape index (κ2) is 5.82. The van der Waals surface area contributed by atoms with E-state index in [2.05, 4.69) is 5.32 Å². The number of carboxylic acids is 1. The molecule has 1 amide bonds. The Balaban J connectivity index is 3.14. The molecule has 18 heavy (non-hydrogen) atoms. The van der Waals surface area contributed by atoms with Crippen LogP contribution in [-0.2, 0) is 0 Å². The molecule has 0 spiro atoms. The lowest BCUT2D eigenvalue weighted by Gasteiger charge is -2.12. The van der Waals surface area contributed by atoms with Crippen LogP contribution in [0.4, 0.5) is 0 Å². The van der Waals surface area contributed by atoms with Gasteiger partial charge in [0.05, 0.1) is 23.6 Å². The van der Waals surface area contributed by atoms with Crippen molar-refractivity contribution in [1.82, 2.24) is 5.32 Å². The van der Waals surface area contributed by atoms with Gasteiger partial charge < -0.3 is 10.4 Å². The van der Waals surface area contributed by atoms with Crippen molar-refractivity contribution >= 4 is 11.9 Å². The molecule has 1 aromatic carbocycles. The average molecular weight is 246 g/mol. The predicted molar refractivity (Wildman–Crippen MR) is 65.4 cm³/mol. The summed E-state index contributed by atoms with van der Waals surface area (Å²) >= 11 is 0. The molecule has 0 atom stereocenters. The summed E-state index contributed by atoms with van der Waals surface area (Å²) in [7, 11) is 0. The Labute approximate surface area is 105 Å². The number of aryl methyl sites for hydroxylation is 2. The zero-order valence-electron chi connectivity index (χ0n) is 10.3. The van der Waals surface area contributed by atoms with E-state index in [0.29, 0.717) is 11.1 Å². The molecule has 1 rings (SSSR count). The highest BCUT2D eigenvalue weighted by atomic mass is 16.4. The molecular weight excluding hydrogens is 232 g/mol. The number of carboxylic acid groups (broad SMARTS) is 1. The van der Waals surface area contributed by atoms with E-state index in [1.165, 1.54) is 0 Å². The van der Waals surface area contributed by atoms with Gasteiger partial charge in [0.15, 0.2) is 0 Å². The minimum atomic E-state index is -1.12. The maximum Gasteiger partial charge on any atom is 0.336 e. The molecule has 0 aromatic heterocycles. The van der Waals surface area contributed by atoms with Gasteiger partial charge in [-0.25, -0.2) is 4.79 Å². The zero-order chi connectivity index (χ0) is 13.7. The SMILES string of the molecule is Cc1ccc(C)c(C(=O)NCCC#N)c1C(=O)O. The molecule has 0 aliphatic carbocycles. The van der Waals surface area contributed by atoms with Gasteiger partial charge in [-0.3, -0.25) is 4.79 Å². The molecule has 2 N–H and O–H groups in total. The van der Waals surface area contributed by atoms with Crippen LogP contribution in [0.2, 0.25) is 0 Å². The molecule has 0 bridgehead atoms. The van der Waals surface area contributed by atoms with Crippen LogP contribution in [0, 0.1) is 25.2 Å². The van der Waals surface area contributed by atoms with Crippen molar-refractivity contribution in [2.75, 3.05) is 6.54 Å². The van der Waals surface area contributed by atoms with Crippen molar-refractivity contribution < 1.29 is 14.7 Å². The topological polar surface area (TPSA) is 90.2 Å². The third kappa shape index (κ3) is 2.86. The van der Waals surface area contributed by atoms with Crippen LogP contribution in [0.3, 0.4) is 0 Å². The lowest BCUT2D eigenvalue weighted by atomic mass is 9.96. The molecule has 0 fully saturated rings. The third-order valence-electron chi connectivity index (χ3n) is 2.59. The first-order chi connectivity index (χ1) is 8.49. The highest BCUT2D eigenvalue weighted by Gasteiger charge is 2.20. The lowest BCUT2D eigenvalue weighted by molar-refractivity contribution is 0.0690. The van der Waals surface area contributed by atoms with E-state index in [0.717, 1.165) is 0 Å². The second-order valence-electron chi connectivity index (χ2n) is 3.92. The molecular formula is C13H14N2O3. The summed E-state index contributed by atoms with van der Waals surface area (Å²) in [5, 5.41) is 20.1. The van der Waals surface area contributed by atoms with Crippen LogP contribution in [0.15, 0.2) is 12.1 Å². The first-order valence-corrected chi connectivity index (χ1v) is 5.47. The smallest absolute Gasteiger partial charge is 0.336 e. The average Bonchev–Trinajstić information content (AvgIpc) is 2.31. The molecule has 5 heteroatoms. The Kier molecular flexibility index (Phi) is 4.44. The molecule has 0 heterocycles. The van der Waals surface area contributed by atoms with Crippen molar-refractivity contribution in [2.24, 2.45) is 0 Å². The van der Waals surface area contributed by atoms with Crippen molar-refractivity contribution in [1.29, 1.82) is 5.26 Å². The number of amides is 1. The molecule has 0 radical (unpaired) electrons. The largest absolute Gasteiger partial charge is 0.478 e. The fourth-order valence-electron chi connectivity index (χ4n) is 1.70. The summed E-state index contributed by atoms with van der Waals surface area (Å²) in [5.41, 5.74) is 1.33. The van der Waals surface area contributed by atoms with Gasteiger partial charge in [-0.05, 0) is 25.0 Å². The van der Waals surface area contributed by atoms with Crippen LogP contribution in [0.1, 0.15) is 38.3 Å². The Bertz CT molecular complexity index is 530. The Morgan fingerprint density at radius 1 is 1.28 bits per heavy atom. The third-order valence-corrected chi connectivity index (χ3v) is 2.59. The summed E-state index contributed by atoms with van der Waals surface area (Å²) in [6.45, 7) is 3.54. The highest BCUT2D eigenvalue weighted by molar-refractivity contribution is 6.06. The first kappa shape index (κ1) is 13.7. The number of hydrogen-bond donors (Lipinski definition) is 2. The van der Waals surface area contributed by atoms with E-state index in [9.17, 15) is 9.59 Å². The molecule has 1 aromatic rings. The van der Waals surface area contributed by atoms with Crippen LogP contribution >= 0.6 is 0 Å². The first-order valence-electron chi connectivity index (χ1n) is 5.47. The number of carbonyl (C=O) groups excluding carboxylic acids is 1. The Morgan fingerprint density at radius 3 is 2.33 bits per heavy atom. The highest BCUT2D eigenvalue weighted by Crippen LogP contribution is 2.18. The lowest BCUT2D eigenvalue weighted by Crippen LogP contribution is -2.27. The molecule has 0 saturated carbocycles. The normalized spacial score (nSPS) is 9.61. The maximum atomic E-state index is 11.9. The van der Waals surface area contributed by atoms with Crippen LogP contribution in [0.5, 0.6) is 0 Å². The van der Waals surface area contributed by atoms with Crippen molar-refractivity contribution in [2.45, 2.75) is 20.3 Å². The molecule has 94 valence electrons. The van der Waals surface area contributed by atoms with Gasteiger partial charge in [0.1, 0.15) is 0 Å². The molecule has 5 nitrogen and oxygen atoms in total. The van der Waals surface area contributed by atoms with Gasteiger partial charge in [-0.15, -0.1) is 0 Å². The van der Waals surface area contributed by atoms with Gasteiger partial charge in [0.2, 0.25) is 0 Å². The van der Waals surface area contributed by atoms with E-state index in [4.69, 9.17) is 10.4 Å². The van der Waals surface area contributed by atoms with Gasteiger partial charge in [0, 0.05) is 6.54 Å². The molecule has 0 unspecified atom stereocenters. The van der Waals surface area contributed by atoms with Crippen molar-refractivity contribution in [3.63, 3.8) is 0 Å². The van der Waals surface area contributed by atoms with E-state index >= 15 is 0 Å². The number of nitrogens with one attached hydrogen (secondary N) is 1. The summed E-state index contributed by atoms with van der Waals surface area (Å²) in [4.78, 5) is 23.1. The maximum absolute atomic E-state index is 11.9. The minimum Gasteiger partial charge on any atom is -0.478 e. The van der Waals surface area contributed by atoms with Crippen LogP contribution in [-0.4, -0.2) is 23.5 Å². The summed E-state index contributed by atoms with van der Waals surface area (Å²) in [6, 6.07) is 5.29. The standard InChI is InChI=1S/C13H14N2O3/c1-8-4-5-9(2)11(13(17)18)10(8)12(16)15-7-3-6-14/h4-5H,3,7H2,1-2H3,(H,15,16)(H,17,18). The van der Waals surface area contributed by atoms with E-state index in [1.54, 1.807) is 26.0 Å². The summed E-state index contributed by atoms with van der Waals surface area (Å²) in [6.07, 6.45) is 0.193. The summed E-state index contributed by atoms with van der Waals surface area (Å²) in [5.74, 6) is -1.58. The van der Waals surface area contributed by atoms with Gasteiger partial charge in [-0.1, -0.05) is 12.1 Å². The predicted octanol–water partition coefficient (Wildman–Crippen LogP) is 1.65. The number of nitriles is 1. The monoisotopic (exact) mass is 246 g/mol. The minimum absolute atomic E-state index is 0.0180. The zero-order valence-corrected chi connectivity index (χ0v) is 10.3. The van der Waals surface area contributed by atoms with Crippen LogP contribution < -0.4 is 5.32 Å². The van der Waals surface area contributed by atoms with Gasteiger partial charge in [-0.2, -0.15) is 5.26 Å². The van der Waals surface area contributed by atoms with E-state index < -0.39 is 11.9 Å². The fraction of sp³-hybridized carbons (Fsp3) is 0.308. The quantitative estimate of drug-likeness (QED) is 0.790. The number of aromatic carboxylic acids is 1. The van der Waals surface area contributed by atoms with E-state index in [1.807, 2.05) is 6.07 Å². The molecule has 0 aliphatic rings. The van der Waals surface area contributed by atoms with E-state index in [-0.39, 0.29) is 24.1 Å². The Morgan fingerprint density at radius 2 is 1.83 bits per heavy atom. The number of rotatable bonds is 4. The van der Waals surface area contributed by atoms with Crippen molar-refractivity contribution in [3.8, 4) is 6.07 Å². The number of hydrogen-bond acceptors (Lipinski definition) is 3. The second-order valence-corrected chi connectivity index (χ2v) is 3.92. The number of benzene rings is 1.